The van der Waals surface area contributed by atoms with Crippen molar-refractivity contribution in [2.24, 2.45) is 0 Å². The number of unbranched alkanes of at least 4 members (excludes halogenated alkanes) is 1. The number of benzene rings is 4. The number of rotatable bonds is 7. The molecule has 2 nitrogen and oxygen atoms in total. The molecule has 0 fully saturated rings. The molecule has 0 aliphatic rings. The monoisotopic (exact) mass is 474 g/mol. The van der Waals surface area contributed by atoms with E-state index >= 15 is 0 Å². The second-order valence-electron chi connectivity index (χ2n) is 7.66. The first kappa shape index (κ1) is 24.7. The number of carbonyl (C=O) groups is 1. The molecule has 4 aromatic rings. The molecule has 0 saturated carbocycles. The lowest BCUT2D eigenvalue weighted by Gasteiger charge is -2.27. The average Bonchev–Trinajstić information content (AvgIpc) is 2.87. The number of carbonyl (C=O) groups excluding carboxylic acids is 1. The van der Waals surface area contributed by atoms with Crippen molar-refractivity contribution >= 4 is 40.7 Å². The van der Waals surface area contributed by atoms with Crippen molar-refractivity contribution in [2.75, 3.05) is 6.16 Å². The van der Waals surface area contributed by atoms with E-state index in [1.807, 2.05) is 0 Å². The van der Waals surface area contributed by atoms with Crippen LogP contribution in [0.25, 0.3) is 0 Å². The van der Waals surface area contributed by atoms with E-state index in [4.69, 9.17) is 11.6 Å². The van der Waals surface area contributed by atoms with Crippen LogP contribution in [-0.2, 0) is 0 Å². The maximum Gasteiger partial charge on any atom is 0.112 e. The van der Waals surface area contributed by atoms with Gasteiger partial charge in [0.05, 0.1) is 12.1 Å². The van der Waals surface area contributed by atoms with Gasteiger partial charge in [-0.05, 0) is 48.9 Å². The van der Waals surface area contributed by atoms with Crippen LogP contribution in [0.4, 0.5) is 0 Å². The third-order valence-electron chi connectivity index (χ3n) is 5.53. The Bertz CT molecular complexity index is 1040. The van der Waals surface area contributed by atoms with Crippen LogP contribution in [0.5, 0.6) is 0 Å². The summed E-state index contributed by atoms with van der Waals surface area (Å²) in [5.41, 5.74) is 0.0316. The van der Waals surface area contributed by atoms with Crippen molar-refractivity contribution < 1.29 is 9.90 Å². The van der Waals surface area contributed by atoms with Crippen molar-refractivity contribution in [3.8, 4) is 0 Å². The summed E-state index contributed by atoms with van der Waals surface area (Å²) in [6, 6.07) is 39.6. The lowest BCUT2D eigenvalue weighted by Crippen LogP contribution is -2.33. The van der Waals surface area contributed by atoms with Gasteiger partial charge in [0, 0.05) is 10.6 Å². The average molecular weight is 475 g/mol. The molecule has 0 aromatic heterocycles. The van der Waals surface area contributed by atoms with Crippen LogP contribution < -0.4 is 21.0 Å². The van der Waals surface area contributed by atoms with E-state index in [0.717, 1.165) is 0 Å². The van der Waals surface area contributed by atoms with E-state index < -0.39 is 13.2 Å². The van der Waals surface area contributed by atoms with E-state index in [0.29, 0.717) is 0 Å². The van der Waals surface area contributed by atoms with Gasteiger partial charge in [0.25, 0.3) is 0 Å². The van der Waals surface area contributed by atoms with Crippen LogP contribution in [0.3, 0.4) is 0 Å². The Morgan fingerprint density at radius 3 is 1.42 bits per heavy atom. The largest absolute Gasteiger partial charge is 0.545 e. The molecule has 0 N–H and O–H groups in total. The van der Waals surface area contributed by atoms with Gasteiger partial charge in [-0.25, -0.2) is 0 Å². The highest BCUT2D eigenvalue weighted by Crippen LogP contribution is 2.55. The Hall–Kier alpha value is -2.93. The molecule has 33 heavy (non-hydrogen) atoms. The van der Waals surface area contributed by atoms with Gasteiger partial charge >= 0.3 is 0 Å². The summed E-state index contributed by atoms with van der Waals surface area (Å²) < 4.78 is 0. The molecule has 0 aliphatic carbocycles. The van der Waals surface area contributed by atoms with E-state index in [2.05, 4.69) is 97.9 Å². The quantitative estimate of drug-likeness (QED) is 0.332. The third kappa shape index (κ3) is 6.11. The Morgan fingerprint density at radius 1 is 0.697 bits per heavy atom. The second-order valence-corrected chi connectivity index (χ2v) is 11.7. The summed E-state index contributed by atoms with van der Waals surface area (Å²) in [5, 5.41) is 14.9. The van der Waals surface area contributed by atoms with Gasteiger partial charge in [0.2, 0.25) is 0 Å². The lowest BCUT2D eigenvalue weighted by atomic mass is 10.2. The zero-order valence-electron chi connectivity index (χ0n) is 18.7. The molecule has 0 radical (unpaired) electrons. The highest BCUT2D eigenvalue weighted by molar-refractivity contribution is 7.95. The molecule has 0 amide bonds. The molecule has 4 aromatic carbocycles. The number of aromatic carboxylic acids is 1. The second kappa shape index (κ2) is 12.3. The van der Waals surface area contributed by atoms with Gasteiger partial charge in [-0.15, -0.1) is 0 Å². The van der Waals surface area contributed by atoms with Crippen LogP contribution in [-0.4, -0.2) is 12.1 Å². The topological polar surface area (TPSA) is 40.1 Å². The molecule has 4 heteroatoms. The van der Waals surface area contributed by atoms with Crippen molar-refractivity contribution in [3.05, 3.63) is 126 Å². The van der Waals surface area contributed by atoms with Crippen molar-refractivity contribution in [3.63, 3.8) is 0 Å². The summed E-state index contributed by atoms with van der Waals surface area (Å²) in [4.78, 5) is 10.2. The number of halogens is 1. The first-order chi connectivity index (χ1) is 16.1. The summed E-state index contributed by atoms with van der Waals surface area (Å²) in [6.07, 6.45) is 3.72. The molecule has 0 atom stereocenters. The summed E-state index contributed by atoms with van der Waals surface area (Å²) in [5.74, 6) is -1.24. The maximum atomic E-state index is 10.2. The van der Waals surface area contributed by atoms with Crippen molar-refractivity contribution in [1.82, 2.24) is 0 Å². The summed E-state index contributed by atoms with van der Waals surface area (Å²) >= 11 is 5.50. The zero-order chi connectivity index (χ0) is 23.5. The van der Waals surface area contributed by atoms with Crippen LogP contribution in [0.15, 0.2) is 115 Å². The predicted molar refractivity (Wildman–Crippen MR) is 141 cm³/mol. The number of carboxylic acid groups (broad SMARTS) is 1. The molecular weight excluding hydrogens is 447 g/mol. The molecule has 4 rings (SSSR count). The van der Waals surface area contributed by atoms with E-state index in [-0.39, 0.29) is 10.6 Å². The Morgan fingerprint density at radius 2 is 1.09 bits per heavy atom. The normalized spacial score (nSPS) is 10.7. The van der Waals surface area contributed by atoms with Gasteiger partial charge in [0.1, 0.15) is 23.2 Å². The summed E-state index contributed by atoms with van der Waals surface area (Å²) in [6.45, 7) is 2.29. The fourth-order valence-corrected chi connectivity index (χ4v) is 8.62. The molecule has 168 valence electrons. The number of hydrogen-bond acceptors (Lipinski definition) is 2. The minimum absolute atomic E-state index is 0.0316. The minimum atomic E-state index is -1.57. The number of carboxylic acids is 1. The zero-order valence-corrected chi connectivity index (χ0v) is 20.4. The SMILES string of the molecule is CCCC[P+](c1ccccc1)(c1ccccc1)c1ccccc1.O=C([O-])c1ccccc1Cl. The van der Waals surface area contributed by atoms with Gasteiger partial charge in [-0.2, -0.15) is 0 Å². The van der Waals surface area contributed by atoms with E-state index in [1.54, 1.807) is 12.1 Å². The third-order valence-corrected chi connectivity index (χ3v) is 10.4. The Labute approximate surface area is 202 Å². The molecule has 0 spiro atoms. The lowest BCUT2D eigenvalue weighted by molar-refractivity contribution is -0.255. The molecular formula is C29H28ClO2P. The van der Waals surface area contributed by atoms with Gasteiger partial charge in [-0.1, -0.05) is 97.7 Å². The standard InChI is InChI=1S/C22H24P.C7H5ClO2/c1-2-3-19-23(20-13-7-4-8-14-20,21-15-9-5-10-16-21)22-17-11-6-12-18-22;8-6-4-2-1-3-5(6)7(9)10/h4-18H,2-3,19H2,1H3;1-4H,(H,9,10)/q+1;/p-1. The molecule has 0 heterocycles. The van der Waals surface area contributed by atoms with Crippen LogP contribution >= 0.6 is 18.9 Å². The Balaban J connectivity index is 0.000000257. The van der Waals surface area contributed by atoms with E-state index in [1.165, 1.54) is 47.0 Å². The van der Waals surface area contributed by atoms with Gasteiger partial charge in [0.15, 0.2) is 0 Å². The Kier molecular flexibility index (Phi) is 9.24. The molecule has 0 saturated heterocycles. The smallest absolute Gasteiger partial charge is 0.112 e. The van der Waals surface area contributed by atoms with Crippen LogP contribution in [0, 0.1) is 0 Å². The fraction of sp³-hybridized carbons (Fsp3) is 0.138. The molecule has 0 unspecified atom stereocenters. The highest BCUT2D eigenvalue weighted by Gasteiger charge is 2.44. The van der Waals surface area contributed by atoms with Crippen molar-refractivity contribution in [2.45, 2.75) is 19.8 Å². The fourth-order valence-electron chi connectivity index (χ4n) is 3.90. The predicted octanol–water partition coefficient (Wildman–Crippen LogP) is 5.48. The molecule has 0 bridgehead atoms. The first-order valence-electron chi connectivity index (χ1n) is 11.1. The minimum Gasteiger partial charge on any atom is -0.545 e. The van der Waals surface area contributed by atoms with Gasteiger partial charge < -0.3 is 9.90 Å². The van der Waals surface area contributed by atoms with Crippen LogP contribution in [0.1, 0.15) is 30.1 Å². The van der Waals surface area contributed by atoms with Gasteiger partial charge in [-0.3, -0.25) is 0 Å². The van der Waals surface area contributed by atoms with E-state index in [9.17, 15) is 9.90 Å². The number of hydrogen-bond donors (Lipinski definition) is 0. The molecule has 0 aliphatic heterocycles. The summed E-state index contributed by atoms with van der Waals surface area (Å²) in [7, 11) is -1.57. The first-order valence-corrected chi connectivity index (χ1v) is 13.5. The van der Waals surface area contributed by atoms with Crippen LogP contribution in [0.2, 0.25) is 5.02 Å². The maximum absolute atomic E-state index is 10.2. The van der Waals surface area contributed by atoms with Crippen molar-refractivity contribution in [1.29, 1.82) is 0 Å². The highest BCUT2D eigenvalue weighted by atomic mass is 35.5.